The number of amides is 1. The Morgan fingerprint density at radius 1 is 1.10 bits per heavy atom. The van der Waals surface area contributed by atoms with Gasteiger partial charge in [-0.15, -0.1) is 5.10 Å². The molecule has 0 bridgehead atoms. The number of nitrogens with one attached hydrogen (secondary N) is 2. The molecule has 1 aromatic heterocycles. The lowest BCUT2D eigenvalue weighted by Crippen LogP contribution is -2.46. The monoisotopic (exact) mass is 409 g/mol. The topological polar surface area (TPSA) is 136 Å². The number of carboxylic acid groups (broad SMARTS) is 1. The largest absolute Gasteiger partial charge is 0.492 e. The van der Waals surface area contributed by atoms with E-state index in [9.17, 15) is 24.9 Å². The predicted molar refractivity (Wildman–Crippen MR) is 110 cm³/mol. The fourth-order valence-corrected chi connectivity index (χ4v) is 3.18. The van der Waals surface area contributed by atoms with Gasteiger partial charge in [0.2, 0.25) is 5.88 Å². The fraction of sp³-hybridized carbons (Fsp3) is 0.227. The average Bonchev–Trinajstić information content (AvgIpc) is 3.15. The SMILES string of the molecule is C[C@@](O)(CC(Cc1ccc(-c2ccccc2)cc1)NC(=O)c1cc(O)n[nH]1)C(=O)O. The zero-order valence-corrected chi connectivity index (χ0v) is 16.4. The van der Waals surface area contributed by atoms with Gasteiger partial charge in [-0.2, -0.15) is 0 Å². The van der Waals surface area contributed by atoms with Crippen molar-refractivity contribution in [1.29, 1.82) is 0 Å². The number of benzene rings is 2. The molecular weight excluding hydrogens is 386 g/mol. The Bertz CT molecular complexity index is 1010. The second kappa shape index (κ2) is 8.79. The number of aromatic amines is 1. The van der Waals surface area contributed by atoms with Gasteiger partial charge >= 0.3 is 5.97 Å². The van der Waals surface area contributed by atoms with Crippen molar-refractivity contribution in [2.45, 2.75) is 31.4 Å². The molecular formula is C22H23N3O5. The van der Waals surface area contributed by atoms with Crippen LogP contribution in [0.4, 0.5) is 0 Å². The summed E-state index contributed by atoms with van der Waals surface area (Å²) in [5.41, 5.74) is 0.991. The van der Waals surface area contributed by atoms with Gasteiger partial charge in [-0.25, -0.2) is 4.79 Å². The average molecular weight is 409 g/mol. The molecule has 0 spiro atoms. The van der Waals surface area contributed by atoms with Gasteiger partial charge in [-0.05, 0) is 30.0 Å². The van der Waals surface area contributed by atoms with Crippen molar-refractivity contribution in [2.24, 2.45) is 0 Å². The molecule has 0 radical (unpaired) electrons. The summed E-state index contributed by atoms with van der Waals surface area (Å²) in [6, 6.07) is 18.1. The number of nitrogens with zero attached hydrogens (tertiary/aromatic N) is 1. The highest BCUT2D eigenvalue weighted by Crippen LogP contribution is 2.21. The highest BCUT2D eigenvalue weighted by molar-refractivity contribution is 5.92. The van der Waals surface area contributed by atoms with E-state index in [0.29, 0.717) is 6.42 Å². The van der Waals surface area contributed by atoms with Crippen molar-refractivity contribution < 1.29 is 24.9 Å². The third kappa shape index (κ3) is 5.24. The molecule has 2 aromatic carbocycles. The van der Waals surface area contributed by atoms with Crippen molar-refractivity contribution in [2.75, 3.05) is 0 Å². The summed E-state index contributed by atoms with van der Waals surface area (Å²) in [7, 11) is 0. The minimum Gasteiger partial charge on any atom is -0.492 e. The van der Waals surface area contributed by atoms with E-state index >= 15 is 0 Å². The van der Waals surface area contributed by atoms with Crippen LogP contribution in [0.1, 0.15) is 29.4 Å². The zero-order chi connectivity index (χ0) is 21.7. The number of aliphatic hydroxyl groups is 1. The third-order valence-corrected chi connectivity index (χ3v) is 4.79. The maximum absolute atomic E-state index is 12.4. The number of H-pyrrole nitrogens is 1. The highest BCUT2D eigenvalue weighted by Gasteiger charge is 2.34. The predicted octanol–water partition coefficient (Wildman–Crippen LogP) is 2.35. The number of carboxylic acids is 1. The number of aliphatic carboxylic acids is 1. The first kappa shape index (κ1) is 21.1. The molecule has 8 heteroatoms. The minimum absolute atomic E-state index is 0.0342. The standard InChI is InChI=1S/C22H23N3O5/c1-22(30,21(28)29)13-17(23-20(27)18-12-19(26)25-24-18)11-14-7-9-16(10-8-14)15-5-3-2-4-6-15/h2-10,12,17,30H,11,13H2,1H3,(H,23,27)(H,28,29)(H2,24,25,26)/t17?,22-/m1/s1. The fourth-order valence-electron chi connectivity index (χ4n) is 3.18. The maximum Gasteiger partial charge on any atom is 0.335 e. The van der Waals surface area contributed by atoms with E-state index in [2.05, 4.69) is 15.5 Å². The number of carbonyl (C=O) groups is 2. The van der Waals surface area contributed by atoms with Crippen LogP contribution in [0, 0.1) is 0 Å². The molecule has 156 valence electrons. The Labute approximate surface area is 173 Å². The van der Waals surface area contributed by atoms with Gasteiger partial charge in [0.1, 0.15) is 5.69 Å². The van der Waals surface area contributed by atoms with Crippen LogP contribution in [0.3, 0.4) is 0 Å². The van der Waals surface area contributed by atoms with E-state index in [0.717, 1.165) is 22.8 Å². The lowest BCUT2D eigenvalue weighted by molar-refractivity contribution is -0.157. The van der Waals surface area contributed by atoms with Gasteiger partial charge in [-0.3, -0.25) is 9.89 Å². The Morgan fingerprint density at radius 2 is 1.73 bits per heavy atom. The summed E-state index contributed by atoms with van der Waals surface area (Å²) in [5.74, 6) is -2.26. The molecule has 3 aromatic rings. The van der Waals surface area contributed by atoms with Gasteiger partial charge in [0.25, 0.3) is 5.91 Å². The molecule has 0 aliphatic rings. The van der Waals surface area contributed by atoms with Crippen LogP contribution in [0.5, 0.6) is 5.88 Å². The number of hydrogen-bond acceptors (Lipinski definition) is 5. The molecule has 1 heterocycles. The molecule has 0 fully saturated rings. The first-order valence-electron chi connectivity index (χ1n) is 9.40. The zero-order valence-electron chi connectivity index (χ0n) is 16.4. The van der Waals surface area contributed by atoms with Gasteiger partial charge in [0.05, 0.1) is 0 Å². The minimum atomic E-state index is -2.02. The van der Waals surface area contributed by atoms with E-state index in [4.69, 9.17) is 0 Å². The van der Waals surface area contributed by atoms with E-state index in [1.165, 1.54) is 6.92 Å². The maximum atomic E-state index is 12.4. The molecule has 5 N–H and O–H groups in total. The van der Waals surface area contributed by atoms with Crippen molar-refractivity contribution >= 4 is 11.9 Å². The molecule has 0 aliphatic heterocycles. The van der Waals surface area contributed by atoms with Crippen LogP contribution in [0.2, 0.25) is 0 Å². The Morgan fingerprint density at radius 3 is 2.30 bits per heavy atom. The van der Waals surface area contributed by atoms with Gasteiger partial charge in [0, 0.05) is 18.5 Å². The third-order valence-electron chi connectivity index (χ3n) is 4.79. The van der Waals surface area contributed by atoms with Crippen molar-refractivity contribution in [3.8, 4) is 17.0 Å². The van der Waals surface area contributed by atoms with Crippen molar-refractivity contribution in [1.82, 2.24) is 15.5 Å². The smallest absolute Gasteiger partial charge is 0.335 e. The summed E-state index contributed by atoms with van der Waals surface area (Å²) in [4.78, 5) is 23.8. The van der Waals surface area contributed by atoms with E-state index in [1.807, 2.05) is 54.6 Å². The van der Waals surface area contributed by atoms with Crippen LogP contribution >= 0.6 is 0 Å². The molecule has 1 unspecified atom stereocenters. The first-order chi connectivity index (χ1) is 14.2. The van der Waals surface area contributed by atoms with Crippen molar-refractivity contribution in [3.05, 3.63) is 71.9 Å². The second-order valence-corrected chi connectivity index (χ2v) is 7.36. The number of hydrogen-bond donors (Lipinski definition) is 5. The number of aromatic nitrogens is 2. The summed E-state index contributed by atoms with van der Waals surface area (Å²) < 4.78 is 0. The number of aromatic hydroxyl groups is 1. The Hall–Kier alpha value is -3.65. The van der Waals surface area contributed by atoms with Crippen molar-refractivity contribution in [3.63, 3.8) is 0 Å². The molecule has 8 nitrogen and oxygen atoms in total. The lowest BCUT2D eigenvalue weighted by Gasteiger charge is -2.26. The van der Waals surface area contributed by atoms with Crippen LogP contribution < -0.4 is 5.32 Å². The van der Waals surface area contributed by atoms with Gasteiger partial charge in [0.15, 0.2) is 5.60 Å². The molecule has 1 amide bonds. The van der Waals surface area contributed by atoms with Gasteiger partial charge < -0.3 is 20.6 Å². The van der Waals surface area contributed by atoms with E-state index in [-0.39, 0.29) is 18.0 Å². The number of carbonyl (C=O) groups excluding carboxylic acids is 1. The van der Waals surface area contributed by atoms with E-state index < -0.39 is 23.5 Å². The quantitative estimate of drug-likeness (QED) is 0.387. The van der Waals surface area contributed by atoms with Gasteiger partial charge in [-0.1, -0.05) is 54.6 Å². The Kier molecular flexibility index (Phi) is 6.17. The van der Waals surface area contributed by atoms with Crippen LogP contribution in [0.15, 0.2) is 60.7 Å². The molecule has 2 atom stereocenters. The normalized spacial score (nSPS) is 13.9. The molecule has 0 saturated carbocycles. The second-order valence-electron chi connectivity index (χ2n) is 7.36. The first-order valence-corrected chi connectivity index (χ1v) is 9.40. The lowest BCUT2D eigenvalue weighted by atomic mass is 9.92. The molecule has 3 rings (SSSR count). The van der Waals surface area contributed by atoms with Crippen LogP contribution in [-0.2, 0) is 11.2 Å². The molecule has 0 aliphatic carbocycles. The summed E-state index contributed by atoms with van der Waals surface area (Å²) in [6.07, 6.45) is 0.110. The molecule has 30 heavy (non-hydrogen) atoms. The van der Waals surface area contributed by atoms with Crippen LogP contribution in [-0.4, -0.2) is 49.0 Å². The van der Waals surface area contributed by atoms with E-state index in [1.54, 1.807) is 0 Å². The summed E-state index contributed by atoms with van der Waals surface area (Å²) in [6.45, 7) is 1.19. The summed E-state index contributed by atoms with van der Waals surface area (Å²) >= 11 is 0. The highest BCUT2D eigenvalue weighted by atomic mass is 16.4. The molecule has 0 saturated heterocycles. The Balaban J connectivity index is 1.77. The van der Waals surface area contributed by atoms with Crippen LogP contribution in [0.25, 0.3) is 11.1 Å². The summed E-state index contributed by atoms with van der Waals surface area (Å²) in [5, 5.41) is 37.4. The number of rotatable bonds is 8.